The summed E-state index contributed by atoms with van der Waals surface area (Å²) in [6.07, 6.45) is 6.56. The lowest BCUT2D eigenvalue weighted by molar-refractivity contribution is -0.128. The number of rotatable bonds is 2. The van der Waals surface area contributed by atoms with Crippen molar-refractivity contribution < 1.29 is 9.59 Å². The van der Waals surface area contributed by atoms with Gasteiger partial charge in [0.15, 0.2) is 0 Å². The number of nitrogens with one attached hydrogen (secondary N) is 1. The third-order valence-corrected chi connectivity index (χ3v) is 5.48. The zero-order valence-corrected chi connectivity index (χ0v) is 13.7. The maximum Gasteiger partial charge on any atom is 0.321 e. The maximum absolute atomic E-state index is 12.6. The number of aromatic nitrogens is 2. The summed E-state index contributed by atoms with van der Waals surface area (Å²) in [6, 6.07) is 3.50. The average molecular weight is 327 g/mol. The van der Waals surface area contributed by atoms with E-state index in [4.69, 9.17) is 5.73 Å². The smallest absolute Gasteiger partial charge is 0.321 e. The molecule has 0 unspecified atom stereocenters. The number of nitrogens with two attached hydrogens (primary N) is 1. The molecule has 2 aromatic heterocycles. The molecule has 7 nitrogen and oxygen atoms in total. The molecule has 1 saturated carbocycles. The predicted octanol–water partition coefficient (Wildman–Crippen LogP) is 1.76. The van der Waals surface area contributed by atoms with Crippen LogP contribution in [0.15, 0.2) is 24.5 Å². The number of anilines is 1. The van der Waals surface area contributed by atoms with Gasteiger partial charge in [-0.1, -0.05) is 6.42 Å². The van der Waals surface area contributed by atoms with Crippen molar-refractivity contribution >= 4 is 23.3 Å². The maximum atomic E-state index is 12.6. The molecule has 2 aromatic rings. The van der Waals surface area contributed by atoms with Crippen LogP contribution in [0, 0.1) is 18.3 Å². The van der Waals surface area contributed by atoms with Crippen LogP contribution < -0.4 is 11.1 Å². The number of carbonyl (C=O) groups excluding carboxylic acids is 2. The fraction of sp³-hybridized carbons (Fsp3) is 0.471. The van der Waals surface area contributed by atoms with Crippen molar-refractivity contribution in [3.63, 3.8) is 0 Å². The van der Waals surface area contributed by atoms with Gasteiger partial charge in [0.1, 0.15) is 5.65 Å². The van der Waals surface area contributed by atoms with Gasteiger partial charge in [0.2, 0.25) is 5.91 Å². The van der Waals surface area contributed by atoms with Gasteiger partial charge in [0, 0.05) is 37.2 Å². The number of fused-ring (bicyclic) bond motifs is 2. The van der Waals surface area contributed by atoms with Crippen LogP contribution in [0.4, 0.5) is 10.5 Å². The van der Waals surface area contributed by atoms with E-state index in [9.17, 15) is 9.59 Å². The number of aryl methyl sites for hydroxylation is 1. The van der Waals surface area contributed by atoms with Crippen molar-refractivity contribution in [2.75, 3.05) is 18.4 Å². The molecule has 3 heterocycles. The summed E-state index contributed by atoms with van der Waals surface area (Å²) in [5.41, 5.74) is 7.53. The van der Waals surface area contributed by atoms with Crippen molar-refractivity contribution in [1.29, 1.82) is 0 Å². The number of hydrogen-bond donors (Lipinski definition) is 2. The molecule has 0 bridgehead atoms. The standard InChI is InChI=1S/C17H21N5O2/c1-11-8-21-6-4-13(7-14(21)19-11)20-16(24)22-9-12-3-2-5-17(12,10-22)15(18)23/h4,6-8,12H,2-3,5,9-10H2,1H3,(H2,18,23)(H,20,24)/t12-,17-/m0/s1. The van der Waals surface area contributed by atoms with Gasteiger partial charge in [-0.15, -0.1) is 0 Å². The molecule has 7 heteroatoms. The molecule has 1 aliphatic carbocycles. The minimum atomic E-state index is -0.526. The van der Waals surface area contributed by atoms with Gasteiger partial charge in [0.25, 0.3) is 0 Å². The topological polar surface area (TPSA) is 92.7 Å². The van der Waals surface area contributed by atoms with E-state index in [0.717, 1.165) is 30.6 Å². The number of pyridine rings is 1. The van der Waals surface area contributed by atoms with Gasteiger partial charge in [-0.2, -0.15) is 0 Å². The third kappa shape index (κ3) is 2.23. The fourth-order valence-corrected chi connectivity index (χ4v) is 4.24. The van der Waals surface area contributed by atoms with E-state index in [1.807, 2.05) is 35.9 Å². The number of primary amides is 1. The van der Waals surface area contributed by atoms with Crippen LogP contribution in [0.25, 0.3) is 5.65 Å². The van der Waals surface area contributed by atoms with Crippen LogP contribution in [0.1, 0.15) is 25.0 Å². The minimum absolute atomic E-state index is 0.183. The first-order valence-electron chi connectivity index (χ1n) is 8.29. The molecule has 126 valence electrons. The normalized spacial score (nSPS) is 25.9. The minimum Gasteiger partial charge on any atom is -0.369 e. The van der Waals surface area contributed by atoms with Gasteiger partial charge in [-0.25, -0.2) is 9.78 Å². The number of amides is 3. The second-order valence-corrected chi connectivity index (χ2v) is 6.98. The van der Waals surface area contributed by atoms with Crippen molar-refractivity contribution in [3.8, 4) is 0 Å². The van der Waals surface area contributed by atoms with E-state index in [0.29, 0.717) is 18.8 Å². The van der Waals surface area contributed by atoms with Gasteiger partial charge < -0.3 is 20.4 Å². The summed E-state index contributed by atoms with van der Waals surface area (Å²) in [5.74, 6) is -0.0762. The van der Waals surface area contributed by atoms with Crippen molar-refractivity contribution in [1.82, 2.24) is 14.3 Å². The molecule has 3 amide bonds. The number of nitrogens with zero attached hydrogens (tertiary/aromatic N) is 3. The molecular formula is C17H21N5O2. The number of likely N-dealkylation sites (tertiary alicyclic amines) is 1. The van der Waals surface area contributed by atoms with Gasteiger partial charge in [-0.3, -0.25) is 4.79 Å². The van der Waals surface area contributed by atoms with Gasteiger partial charge in [-0.05, 0) is 31.7 Å². The van der Waals surface area contributed by atoms with Crippen molar-refractivity contribution in [2.45, 2.75) is 26.2 Å². The monoisotopic (exact) mass is 327 g/mol. The summed E-state index contributed by atoms with van der Waals surface area (Å²) < 4.78 is 1.91. The number of urea groups is 1. The summed E-state index contributed by atoms with van der Waals surface area (Å²) in [5, 5.41) is 2.91. The fourth-order valence-electron chi connectivity index (χ4n) is 4.24. The lowest BCUT2D eigenvalue weighted by atomic mass is 9.80. The van der Waals surface area contributed by atoms with E-state index in [1.165, 1.54) is 0 Å². The van der Waals surface area contributed by atoms with E-state index in [1.54, 1.807) is 4.90 Å². The summed E-state index contributed by atoms with van der Waals surface area (Å²) in [4.78, 5) is 30.6. The molecule has 3 N–H and O–H groups in total. The quantitative estimate of drug-likeness (QED) is 0.880. The molecule has 0 radical (unpaired) electrons. The van der Waals surface area contributed by atoms with Crippen LogP contribution in [0.3, 0.4) is 0 Å². The second kappa shape index (κ2) is 5.22. The largest absolute Gasteiger partial charge is 0.369 e. The first-order chi connectivity index (χ1) is 11.5. The number of hydrogen-bond acceptors (Lipinski definition) is 3. The molecular weight excluding hydrogens is 306 g/mol. The Morgan fingerprint density at radius 1 is 1.46 bits per heavy atom. The Labute approximate surface area is 139 Å². The Bertz CT molecular complexity index is 829. The average Bonchev–Trinajstić information content (AvgIpc) is 3.17. The lowest BCUT2D eigenvalue weighted by Gasteiger charge is -2.24. The summed E-state index contributed by atoms with van der Waals surface area (Å²) >= 11 is 0. The highest BCUT2D eigenvalue weighted by Gasteiger charge is 2.54. The molecule has 2 aliphatic rings. The Morgan fingerprint density at radius 2 is 2.29 bits per heavy atom. The molecule has 24 heavy (non-hydrogen) atoms. The van der Waals surface area contributed by atoms with E-state index < -0.39 is 5.41 Å². The van der Waals surface area contributed by atoms with E-state index in [2.05, 4.69) is 10.3 Å². The molecule has 0 spiro atoms. The van der Waals surface area contributed by atoms with E-state index >= 15 is 0 Å². The van der Waals surface area contributed by atoms with Crippen molar-refractivity contribution in [2.24, 2.45) is 17.1 Å². The molecule has 1 saturated heterocycles. The first-order valence-corrected chi connectivity index (χ1v) is 8.29. The summed E-state index contributed by atoms with van der Waals surface area (Å²) in [6.45, 7) is 2.95. The molecule has 0 aromatic carbocycles. The molecule has 1 aliphatic heterocycles. The predicted molar refractivity (Wildman–Crippen MR) is 89.5 cm³/mol. The zero-order chi connectivity index (χ0) is 16.9. The van der Waals surface area contributed by atoms with E-state index in [-0.39, 0.29) is 17.9 Å². The highest BCUT2D eigenvalue weighted by atomic mass is 16.2. The first kappa shape index (κ1) is 15.0. The van der Waals surface area contributed by atoms with Gasteiger partial charge in [0.05, 0.1) is 11.1 Å². The summed E-state index contributed by atoms with van der Waals surface area (Å²) in [7, 11) is 0. The van der Waals surface area contributed by atoms with Crippen LogP contribution >= 0.6 is 0 Å². The van der Waals surface area contributed by atoms with Crippen molar-refractivity contribution in [3.05, 3.63) is 30.2 Å². The Hall–Kier alpha value is -2.57. The molecule has 4 rings (SSSR count). The number of imidazole rings is 1. The molecule has 2 fully saturated rings. The SMILES string of the molecule is Cc1cn2ccc(NC(=O)N3C[C@@H]4CCC[C@]4(C(N)=O)C3)cc2n1. The van der Waals surface area contributed by atoms with Crippen LogP contribution in [-0.2, 0) is 4.79 Å². The second-order valence-electron chi connectivity index (χ2n) is 6.98. The van der Waals surface area contributed by atoms with Crippen LogP contribution in [-0.4, -0.2) is 39.3 Å². The highest BCUT2D eigenvalue weighted by molar-refractivity contribution is 5.91. The zero-order valence-electron chi connectivity index (χ0n) is 13.7. The number of carbonyl (C=O) groups is 2. The third-order valence-electron chi connectivity index (χ3n) is 5.48. The van der Waals surface area contributed by atoms with Crippen LogP contribution in [0.2, 0.25) is 0 Å². The lowest BCUT2D eigenvalue weighted by Crippen LogP contribution is -2.42. The molecule has 2 atom stereocenters. The highest BCUT2D eigenvalue weighted by Crippen LogP contribution is 2.48. The Kier molecular flexibility index (Phi) is 3.26. The van der Waals surface area contributed by atoms with Crippen LogP contribution in [0.5, 0.6) is 0 Å². The van der Waals surface area contributed by atoms with Gasteiger partial charge >= 0.3 is 6.03 Å². The Morgan fingerprint density at radius 3 is 3.04 bits per heavy atom. The Balaban J connectivity index is 1.51.